The molecule has 1 aromatic heterocycles. The Kier molecular flexibility index (Phi) is 7.29. The van der Waals surface area contributed by atoms with E-state index >= 15 is 0 Å². The van der Waals surface area contributed by atoms with Gasteiger partial charge >= 0.3 is 12.2 Å². The van der Waals surface area contributed by atoms with Crippen LogP contribution in [0.25, 0.3) is 33.3 Å². The van der Waals surface area contributed by atoms with Gasteiger partial charge in [0.2, 0.25) is 5.91 Å². The van der Waals surface area contributed by atoms with E-state index in [1.165, 1.54) is 10.5 Å². The number of carbonyl (C=O) groups is 3. The van der Waals surface area contributed by atoms with Gasteiger partial charge in [0.25, 0.3) is 0 Å². The van der Waals surface area contributed by atoms with Crippen LogP contribution in [0.3, 0.4) is 0 Å². The minimum atomic E-state index is -1.06. The van der Waals surface area contributed by atoms with E-state index in [2.05, 4.69) is 54.5 Å². The first-order chi connectivity index (χ1) is 22.3. The molecule has 47 heavy (non-hydrogen) atoms. The predicted molar refractivity (Wildman–Crippen MR) is 180 cm³/mol. The van der Waals surface area contributed by atoms with Crippen LogP contribution in [0.15, 0.2) is 54.6 Å². The lowest BCUT2D eigenvalue weighted by Crippen LogP contribution is -2.42. The fourth-order valence-electron chi connectivity index (χ4n) is 7.44. The number of rotatable bonds is 4. The third kappa shape index (κ3) is 5.49. The number of amides is 3. The Bertz CT molecular complexity index is 1920. The molecule has 4 aromatic rings. The van der Waals surface area contributed by atoms with Crippen molar-refractivity contribution in [3.8, 4) is 22.3 Å². The molecule has 2 saturated heterocycles. The lowest BCUT2D eigenvalue weighted by Gasteiger charge is -2.27. The fourth-order valence-corrected chi connectivity index (χ4v) is 7.44. The highest BCUT2D eigenvalue weighted by Crippen LogP contribution is 2.50. The first-order valence-electron chi connectivity index (χ1n) is 16.4. The molecule has 0 radical (unpaired) electrons. The lowest BCUT2D eigenvalue weighted by molar-refractivity contribution is -0.119. The first-order valence-corrected chi connectivity index (χ1v) is 16.4. The Morgan fingerprint density at radius 1 is 0.915 bits per heavy atom. The zero-order valence-electron chi connectivity index (χ0n) is 27.5. The van der Waals surface area contributed by atoms with Gasteiger partial charge in [0, 0.05) is 24.2 Å². The second-order valence-corrected chi connectivity index (χ2v) is 14.5. The van der Waals surface area contributed by atoms with Crippen molar-refractivity contribution < 1.29 is 24.2 Å². The summed E-state index contributed by atoms with van der Waals surface area (Å²) < 4.78 is 5.66. The Morgan fingerprint density at radius 3 is 2.32 bits per heavy atom. The standard InChI is InChI=1S/C37H41N5O5/c1-36(2,3)47-35(46)42-17-6-8-30(42)32-39-28-15-11-22(19-29(28)40-32)21-10-13-24-25-14-12-23(20-27(25)37(4,5)26(24)18-21)38-33(43)31-9-7-16-41(31)34(44)45/h10-15,18-20,30-31H,6-9,16-17H2,1-5H3,(H,38,43)(H,39,40)(H,44,45)/t30-,31-/m0/s1. The number of aromatic amines is 1. The largest absolute Gasteiger partial charge is 0.465 e. The fraction of sp³-hybridized carbons (Fsp3) is 0.405. The highest BCUT2D eigenvalue weighted by Gasteiger charge is 2.38. The van der Waals surface area contributed by atoms with Gasteiger partial charge in [-0.15, -0.1) is 0 Å². The van der Waals surface area contributed by atoms with Crippen LogP contribution in [-0.2, 0) is 14.9 Å². The first kappa shape index (κ1) is 30.8. The van der Waals surface area contributed by atoms with Crippen LogP contribution in [0.1, 0.15) is 83.3 Å². The Labute approximate surface area is 274 Å². The maximum absolute atomic E-state index is 13.0. The molecule has 244 valence electrons. The molecule has 7 rings (SSSR count). The minimum absolute atomic E-state index is 0.149. The summed E-state index contributed by atoms with van der Waals surface area (Å²) in [5.74, 6) is 0.486. The number of aromatic nitrogens is 2. The number of carboxylic acid groups (broad SMARTS) is 1. The van der Waals surface area contributed by atoms with Crippen LogP contribution in [0.2, 0.25) is 0 Å². The summed E-state index contributed by atoms with van der Waals surface area (Å²) >= 11 is 0. The third-order valence-electron chi connectivity index (χ3n) is 9.78. The van der Waals surface area contributed by atoms with Gasteiger partial charge in [-0.1, -0.05) is 38.1 Å². The molecular formula is C37H41N5O5. The molecule has 2 atom stereocenters. The van der Waals surface area contributed by atoms with Crippen molar-refractivity contribution in [1.82, 2.24) is 19.8 Å². The van der Waals surface area contributed by atoms with E-state index in [0.717, 1.165) is 57.5 Å². The molecule has 2 fully saturated rings. The maximum Gasteiger partial charge on any atom is 0.410 e. The van der Waals surface area contributed by atoms with Gasteiger partial charge in [0.05, 0.1) is 17.1 Å². The average molecular weight is 636 g/mol. The van der Waals surface area contributed by atoms with E-state index in [1.54, 1.807) is 4.90 Å². The topological polar surface area (TPSA) is 128 Å². The summed E-state index contributed by atoms with van der Waals surface area (Å²) in [7, 11) is 0. The summed E-state index contributed by atoms with van der Waals surface area (Å²) in [6.45, 7) is 11.0. The van der Waals surface area contributed by atoms with E-state index in [0.29, 0.717) is 31.6 Å². The molecule has 10 heteroatoms. The van der Waals surface area contributed by atoms with Crippen molar-refractivity contribution >= 4 is 34.8 Å². The summed E-state index contributed by atoms with van der Waals surface area (Å²) in [5, 5.41) is 12.5. The quantitative estimate of drug-likeness (QED) is 0.211. The molecule has 0 unspecified atom stereocenters. The second-order valence-electron chi connectivity index (χ2n) is 14.5. The van der Waals surface area contributed by atoms with Crippen molar-refractivity contribution in [2.45, 2.75) is 83.4 Å². The molecule has 3 amide bonds. The van der Waals surface area contributed by atoms with Crippen LogP contribution in [0, 0.1) is 0 Å². The van der Waals surface area contributed by atoms with E-state index in [1.807, 2.05) is 45.0 Å². The average Bonchev–Trinajstić information content (AvgIpc) is 3.81. The lowest BCUT2D eigenvalue weighted by atomic mass is 9.81. The van der Waals surface area contributed by atoms with Crippen LogP contribution in [0.4, 0.5) is 15.3 Å². The number of hydrogen-bond acceptors (Lipinski definition) is 5. The molecule has 10 nitrogen and oxygen atoms in total. The number of anilines is 1. The van der Waals surface area contributed by atoms with Crippen LogP contribution in [-0.4, -0.2) is 67.7 Å². The predicted octanol–water partition coefficient (Wildman–Crippen LogP) is 7.69. The Balaban J connectivity index is 1.13. The Hall–Kier alpha value is -4.86. The maximum atomic E-state index is 13.0. The number of carbonyl (C=O) groups excluding carboxylic acids is 2. The molecule has 3 aromatic carbocycles. The molecule has 3 heterocycles. The van der Waals surface area contributed by atoms with E-state index in [9.17, 15) is 19.5 Å². The number of nitrogens with zero attached hydrogens (tertiary/aromatic N) is 3. The molecule has 2 aliphatic heterocycles. The second kappa shape index (κ2) is 11.1. The molecule has 3 aliphatic rings. The summed E-state index contributed by atoms with van der Waals surface area (Å²) in [6, 6.07) is 17.9. The van der Waals surface area contributed by atoms with Crippen molar-refractivity contribution in [2.75, 3.05) is 18.4 Å². The van der Waals surface area contributed by atoms with Crippen molar-refractivity contribution in [2.24, 2.45) is 0 Å². The SMILES string of the molecule is CC(C)(C)OC(=O)N1CCC[C@H]1c1nc2cc(-c3ccc4c(c3)C(C)(C)c3cc(NC(=O)[C@@H]5CCCN5C(=O)O)ccc3-4)ccc2[nH]1. The Morgan fingerprint density at radius 2 is 1.57 bits per heavy atom. The normalized spacial score (nSPS) is 19.9. The van der Waals surface area contributed by atoms with E-state index in [4.69, 9.17) is 9.72 Å². The summed E-state index contributed by atoms with van der Waals surface area (Å²) in [5.41, 5.74) is 8.28. The van der Waals surface area contributed by atoms with Crippen LogP contribution >= 0.6 is 0 Å². The van der Waals surface area contributed by atoms with Crippen LogP contribution in [0.5, 0.6) is 0 Å². The number of nitrogens with one attached hydrogen (secondary N) is 2. The van der Waals surface area contributed by atoms with Gasteiger partial charge in [-0.25, -0.2) is 14.6 Å². The molecule has 1 aliphatic carbocycles. The molecule has 0 spiro atoms. The van der Waals surface area contributed by atoms with Gasteiger partial charge in [0.1, 0.15) is 17.5 Å². The van der Waals surface area contributed by atoms with Gasteiger partial charge in [0.15, 0.2) is 0 Å². The number of fused-ring (bicyclic) bond motifs is 4. The van der Waals surface area contributed by atoms with E-state index < -0.39 is 17.7 Å². The number of imidazole rings is 1. The smallest absolute Gasteiger partial charge is 0.410 e. The highest BCUT2D eigenvalue weighted by molar-refractivity contribution is 5.97. The zero-order chi connectivity index (χ0) is 33.2. The molecule has 3 N–H and O–H groups in total. The third-order valence-corrected chi connectivity index (χ3v) is 9.78. The van der Waals surface area contributed by atoms with Gasteiger partial charge in [-0.3, -0.25) is 14.6 Å². The number of likely N-dealkylation sites (tertiary alicyclic amines) is 2. The zero-order valence-corrected chi connectivity index (χ0v) is 27.5. The number of H-pyrrole nitrogens is 1. The minimum Gasteiger partial charge on any atom is -0.465 e. The van der Waals surface area contributed by atoms with Crippen molar-refractivity contribution in [3.63, 3.8) is 0 Å². The van der Waals surface area contributed by atoms with E-state index in [-0.39, 0.29) is 23.5 Å². The number of hydrogen-bond donors (Lipinski definition) is 3. The highest BCUT2D eigenvalue weighted by atomic mass is 16.6. The number of ether oxygens (including phenoxy) is 1. The van der Waals surface area contributed by atoms with Crippen molar-refractivity contribution in [3.05, 3.63) is 71.5 Å². The molecular weight excluding hydrogens is 594 g/mol. The van der Waals surface area contributed by atoms with Crippen LogP contribution < -0.4 is 5.32 Å². The number of benzene rings is 3. The molecule has 0 bridgehead atoms. The summed E-state index contributed by atoms with van der Waals surface area (Å²) in [6.07, 6.45) is 1.57. The van der Waals surface area contributed by atoms with Crippen molar-refractivity contribution in [1.29, 1.82) is 0 Å². The van der Waals surface area contributed by atoms with Gasteiger partial charge in [-0.2, -0.15) is 0 Å². The van der Waals surface area contributed by atoms with Gasteiger partial charge in [-0.05, 0) is 110 Å². The summed E-state index contributed by atoms with van der Waals surface area (Å²) in [4.78, 5) is 48.9. The molecule has 0 saturated carbocycles. The monoisotopic (exact) mass is 635 g/mol. The van der Waals surface area contributed by atoms with Gasteiger partial charge < -0.3 is 20.1 Å².